The molecule has 174 valence electrons. The molecular weight excluding hydrogens is 430 g/mol. The predicted molar refractivity (Wildman–Crippen MR) is 109 cm³/mol. The Morgan fingerprint density at radius 3 is 2.66 bits per heavy atom. The Kier molecular flexibility index (Phi) is 6.30. The quantitative estimate of drug-likeness (QED) is 0.596. The molecular formula is C22H25F4N3O3. The molecule has 1 aliphatic carbocycles. The van der Waals surface area contributed by atoms with Gasteiger partial charge in [-0.15, -0.1) is 0 Å². The number of carbonyl (C=O) groups excluding carboxylic acids is 1. The van der Waals surface area contributed by atoms with Crippen molar-refractivity contribution in [2.75, 3.05) is 23.3 Å². The van der Waals surface area contributed by atoms with Crippen LogP contribution in [0.3, 0.4) is 0 Å². The molecule has 0 radical (unpaired) electrons. The number of ether oxygens (including phenoxy) is 1. The van der Waals surface area contributed by atoms with Gasteiger partial charge >= 0.3 is 6.18 Å². The fraction of sp³-hybridized carbons (Fsp3) is 0.545. The van der Waals surface area contributed by atoms with E-state index in [-0.39, 0.29) is 23.6 Å². The minimum Gasteiger partial charge on any atom is -0.487 e. The third-order valence-corrected chi connectivity index (χ3v) is 5.77. The second-order valence-electron chi connectivity index (χ2n) is 8.51. The van der Waals surface area contributed by atoms with Gasteiger partial charge in [0.05, 0.1) is 6.10 Å². The van der Waals surface area contributed by atoms with Gasteiger partial charge in [-0.1, -0.05) is 6.92 Å². The lowest BCUT2D eigenvalue weighted by atomic mass is 10.1. The summed E-state index contributed by atoms with van der Waals surface area (Å²) >= 11 is 0. The van der Waals surface area contributed by atoms with E-state index in [9.17, 15) is 22.4 Å². The zero-order valence-electron chi connectivity index (χ0n) is 17.7. The number of oxazole rings is 1. The van der Waals surface area contributed by atoms with Crippen LogP contribution in [-0.4, -0.2) is 36.3 Å². The van der Waals surface area contributed by atoms with Crippen molar-refractivity contribution in [2.45, 2.75) is 57.7 Å². The number of benzene rings is 1. The molecule has 1 saturated heterocycles. The van der Waals surface area contributed by atoms with Crippen LogP contribution in [0.4, 0.5) is 29.3 Å². The SMILES string of the molecule is CC1CCC(Oc2ccc(NC(=O)c3nc(N4CCCC4)oc3CC(F)(F)F)cc2F)C1. The van der Waals surface area contributed by atoms with Gasteiger partial charge in [-0.3, -0.25) is 4.79 Å². The fourth-order valence-corrected chi connectivity index (χ4v) is 4.17. The maximum absolute atomic E-state index is 14.5. The first kappa shape index (κ1) is 22.4. The molecule has 2 unspecified atom stereocenters. The lowest BCUT2D eigenvalue weighted by Gasteiger charge is -2.15. The minimum atomic E-state index is -4.57. The Morgan fingerprint density at radius 1 is 1.28 bits per heavy atom. The lowest BCUT2D eigenvalue weighted by molar-refractivity contribution is -0.130. The van der Waals surface area contributed by atoms with E-state index in [1.165, 1.54) is 12.1 Å². The van der Waals surface area contributed by atoms with Gasteiger partial charge in [0.2, 0.25) is 0 Å². The van der Waals surface area contributed by atoms with Gasteiger partial charge < -0.3 is 19.4 Å². The number of anilines is 2. The van der Waals surface area contributed by atoms with Crippen molar-refractivity contribution in [1.82, 2.24) is 4.98 Å². The molecule has 1 aromatic heterocycles. The molecule has 1 N–H and O–H groups in total. The Morgan fingerprint density at radius 2 is 2.03 bits per heavy atom. The summed E-state index contributed by atoms with van der Waals surface area (Å²) in [6, 6.07) is 3.92. The van der Waals surface area contributed by atoms with Crippen LogP contribution in [0.15, 0.2) is 22.6 Å². The summed E-state index contributed by atoms with van der Waals surface area (Å²) in [5.74, 6) is -1.50. The van der Waals surface area contributed by atoms with E-state index in [0.29, 0.717) is 19.0 Å². The highest BCUT2D eigenvalue weighted by molar-refractivity contribution is 6.03. The summed E-state index contributed by atoms with van der Waals surface area (Å²) in [4.78, 5) is 18.4. The van der Waals surface area contributed by atoms with E-state index < -0.39 is 35.8 Å². The normalized spacial score (nSPS) is 21.2. The van der Waals surface area contributed by atoms with Crippen LogP contribution in [0.25, 0.3) is 0 Å². The number of hydrogen-bond acceptors (Lipinski definition) is 5. The number of hydrogen-bond donors (Lipinski definition) is 1. The summed E-state index contributed by atoms with van der Waals surface area (Å²) in [6.07, 6.45) is -1.57. The van der Waals surface area contributed by atoms with Crippen molar-refractivity contribution in [3.05, 3.63) is 35.5 Å². The maximum atomic E-state index is 14.5. The second kappa shape index (κ2) is 8.99. The molecule has 32 heavy (non-hydrogen) atoms. The summed E-state index contributed by atoms with van der Waals surface area (Å²) in [6.45, 7) is 3.31. The molecule has 1 amide bonds. The lowest BCUT2D eigenvalue weighted by Crippen LogP contribution is -2.19. The zero-order chi connectivity index (χ0) is 22.9. The van der Waals surface area contributed by atoms with Crippen LogP contribution in [0, 0.1) is 11.7 Å². The Labute approximate surface area is 182 Å². The van der Waals surface area contributed by atoms with Crippen LogP contribution < -0.4 is 15.0 Å². The molecule has 0 spiro atoms. The average molecular weight is 455 g/mol. The number of nitrogens with zero attached hydrogens (tertiary/aromatic N) is 2. The molecule has 1 aromatic carbocycles. The number of aromatic nitrogens is 1. The van der Waals surface area contributed by atoms with Crippen molar-refractivity contribution >= 4 is 17.6 Å². The smallest absolute Gasteiger partial charge is 0.396 e. The minimum absolute atomic E-state index is 0.00683. The number of nitrogens with one attached hydrogen (secondary N) is 1. The van der Waals surface area contributed by atoms with E-state index in [1.54, 1.807) is 4.90 Å². The largest absolute Gasteiger partial charge is 0.487 e. The molecule has 2 heterocycles. The summed E-state index contributed by atoms with van der Waals surface area (Å²) in [7, 11) is 0. The molecule has 4 rings (SSSR count). The van der Waals surface area contributed by atoms with E-state index >= 15 is 0 Å². The van der Waals surface area contributed by atoms with Crippen molar-refractivity contribution in [3.8, 4) is 5.75 Å². The molecule has 2 fully saturated rings. The molecule has 10 heteroatoms. The van der Waals surface area contributed by atoms with Crippen LogP contribution in [0.1, 0.15) is 55.3 Å². The molecule has 2 aliphatic rings. The first-order valence-electron chi connectivity index (χ1n) is 10.8. The standard InChI is InChI=1S/C22H25F4N3O3/c1-13-4-6-15(10-13)31-17-7-5-14(11-16(17)23)27-20(30)19-18(12-22(24,25)26)32-21(28-19)29-8-2-3-9-29/h5,7,11,13,15H,2-4,6,8-10,12H2,1H3,(H,27,30). The number of halogens is 4. The van der Waals surface area contributed by atoms with E-state index in [2.05, 4.69) is 17.2 Å². The molecule has 1 saturated carbocycles. The van der Waals surface area contributed by atoms with Gasteiger partial charge in [0.25, 0.3) is 11.9 Å². The highest BCUT2D eigenvalue weighted by Crippen LogP contribution is 2.32. The summed E-state index contributed by atoms with van der Waals surface area (Å²) in [5, 5.41) is 2.41. The Balaban J connectivity index is 1.49. The number of rotatable bonds is 6. The summed E-state index contributed by atoms with van der Waals surface area (Å²) in [5.41, 5.74) is -0.367. The Bertz CT molecular complexity index is 970. The summed E-state index contributed by atoms with van der Waals surface area (Å²) < 4.78 is 64.5. The fourth-order valence-electron chi connectivity index (χ4n) is 4.17. The average Bonchev–Trinajstić information content (AvgIpc) is 3.44. The number of carbonyl (C=O) groups is 1. The number of alkyl halides is 3. The van der Waals surface area contributed by atoms with Crippen LogP contribution >= 0.6 is 0 Å². The van der Waals surface area contributed by atoms with E-state index in [0.717, 1.165) is 38.2 Å². The maximum Gasteiger partial charge on any atom is 0.396 e. The van der Waals surface area contributed by atoms with Gasteiger partial charge in [0, 0.05) is 24.8 Å². The topological polar surface area (TPSA) is 67.6 Å². The van der Waals surface area contributed by atoms with Crippen molar-refractivity contribution in [3.63, 3.8) is 0 Å². The van der Waals surface area contributed by atoms with E-state index in [1.807, 2.05) is 0 Å². The van der Waals surface area contributed by atoms with Crippen molar-refractivity contribution in [2.24, 2.45) is 5.92 Å². The predicted octanol–water partition coefficient (Wildman–Crippen LogP) is 5.34. The zero-order valence-corrected chi connectivity index (χ0v) is 17.7. The van der Waals surface area contributed by atoms with Gasteiger partial charge in [-0.25, -0.2) is 4.39 Å². The van der Waals surface area contributed by atoms with Crippen molar-refractivity contribution < 1.29 is 31.5 Å². The van der Waals surface area contributed by atoms with Gasteiger partial charge in [-0.2, -0.15) is 18.2 Å². The third kappa shape index (κ3) is 5.34. The first-order chi connectivity index (χ1) is 15.2. The van der Waals surface area contributed by atoms with Crippen LogP contribution in [0.5, 0.6) is 5.75 Å². The van der Waals surface area contributed by atoms with Gasteiger partial charge in [-0.05, 0) is 50.2 Å². The molecule has 0 bridgehead atoms. The van der Waals surface area contributed by atoms with Crippen molar-refractivity contribution in [1.29, 1.82) is 0 Å². The van der Waals surface area contributed by atoms with E-state index in [4.69, 9.17) is 9.15 Å². The second-order valence-corrected chi connectivity index (χ2v) is 8.51. The van der Waals surface area contributed by atoms with Crippen LogP contribution in [-0.2, 0) is 6.42 Å². The number of amides is 1. The highest BCUT2D eigenvalue weighted by atomic mass is 19.4. The van der Waals surface area contributed by atoms with Gasteiger partial charge in [0.1, 0.15) is 12.2 Å². The first-order valence-corrected chi connectivity index (χ1v) is 10.8. The highest BCUT2D eigenvalue weighted by Gasteiger charge is 2.35. The Hall–Kier alpha value is -2.78. The monoisotopic (exact) mass is 455 g/mol. The molecule has 1 aliphatic heterocycles. The van der Waals surface area contributed by atoms with Crippen LogP contribution in [0.2, 0.25) is 0 Å². The molecule has 2 aromatic rings. The molecule has 2 atom stereocenters. The molecule has 6 nitrogen and oxygen atoms in total. The van der Waals surface area contributed by atoms with Gasteiger partial charge in [0.15, 0.2) is 17.3 Å². The third-order valence-electron chi connectivity index (χ3n) is 5.77.